The first kappa shape index (κ1) is 29.8. The van der Waals surface area contributed by atoms with Crippen LogP contribution in [0.4, 0.5) is 5.82 Å². The van der Waals surface area contributed by atoms with Crippen LogP contribution in [0.25, 0.3) is 44.1 Å². The molecular weight excluding hydrogens is 585 g/mol. The van der Waals surface area contributed by atoms with Crippen molar-refractivity contribution in [2.75, 3.05) is 12.0 Å². The summed E-state index contributed by atoms with van der Waals surface area (Å²) in [6.07, 6.45) is 14.7. The molecule has 9 rings (SSSR count). The molecule has 2 heterocycles. The molecule has 5 aromatic carbocycles. The highest BCUT2D eigenvalue weighted by Gasteiger charge is 2.32. The highest BCUT2D eigenvalue weighted by Crippen LogP contribution is 2.48. The Labute approximate surface area is 283 Å². The topological polar surface area (TPSA) is 17.4 Å². The Morgan fingerprint density at radius 3 is 2.35 bits per heavy atom. The number of hydrogen-bond donors (Lipinski definition) is 0. The summed E-state index contributed by atoms with van der Waals surface area (Å²) in [5.74, 6) is 2.37. The molecule has 0 bridgehead atoms. The van der Waals surface area contributed by atoms with Crippen LogP contribution in [0.5, 0.6) is 5.75 Å². The second-order valence-electron chi connectivity index (χ2n) is 12.3. The largest absolute Gasteiger partial charge is 0.496 e. The van der Waals surface area contributed by atoms with Gasteiger partial charge in [-0.1, -0.05) is 135 Å². The summed E-state index contributed by atoms with van der Waals surface area (Å²) in [4.78, 5) is 2.54. The summed E-state index contributed by atoms with van der Waals surface area (Å²) in [7, 11) is 1.79. The van der Waals surface area contributed by atoms with Crippen molar-refractivity contribution < 1.29 is 4.74 Å². The van der Waals surface area contributed by atoms with E-state index >= 15 is 0 Å². The predicted molar refractivity (Wildman–Crippen MR) is 203 cm³/mol. The third kappa shape index (κ3) is 4.81. The molecule has 1 unspecified atom stereocenters. The molecule has 3 heteroatoms. The van der Waals surface area contributed by atoms with Gasteiger partial charge in [0.25, 0.3) is 0 Å². The standard InChI is InChI=1S/C43H34N2O.C2H6/c1-46-43-35(29-12-3-2-4-13-29)18-11-19-36(43)31-22-25-33(26-23-31)44-39-21-10-8-17-37(39)42-34-16-7-5-14-30(34)24-27-40(42)45-38-20-9-6-15-32(38)28-41(44)45;1-2/h2-9,11-20,22,24-28,31H,10,21,23H2,1H3;1-2H3. The van der Waals surface area contributed by atoms with E-state index in [2.05, 4.69) is 155 Å². The lowest BCUT2D eigenvalue weighted by atomic mass is 9.87. The molecule has 1 aliphatic heterocycles. The van der Waals surface area contributed by atoms with Crippen molar-refractivity contribution in [1.29, 1.82) is 0 Å². The molecule has 236 valence electrons. The molecule has 0 amide bonds. The summed E-state index contributed by atoms with van der Waals surface area (Å²) < 4.78 is 8.56. The van der Waals surface area contributed by atoms with Crippen molar-refractivity contribution in [2.45, 2.75) is 39.0 Å². The van der Waals surface area contributed by atoms with Crippen LogP contribution < -0.4 is 9.64 Å². The van der Waals surface area contributed by atoms with E-state index in [-0.39, 0.29) is 5.92 Å². The fourth-order valence-corrected chi connectivity index (χ4v) is 7.75. The maximum Gasteiger partial charge on any atom is 0.130 e. The lowest BCUT2D eigenvalue weighted by molar-refractivity contribution is 0.409. The Morgan fingerprint density at radius 2 is 1.54 bits per heavy atom. The minimum absolute atomic E-state index is 0.223. The molecule has 0 N–H and O–H groups in total. The average Bonchev–Trinajstić information content (AvgIpc) is 3.49. The maximum absolute atomic E-state index is 6.08. The van der Waals surface area contributed by atoms with Gasteiger partial charge < -0.3 is 4.74 Å². The van der Waals surface area contributed by atoms with Gasteiger partial charge in [-0.05, 0) is 59.9 Å². The zero-order valence-electron chi connectivity index (χ0n) is 27.9. The number of fused-ring (bicyclic) bond motifs is 8. The highest BCUT2D eigenvalue weighted by atomic mass is 16.5. The van der Waals surface area contributed by atoms with Gasteiger partial charge >= 0.3 is 0 Å². The van der Waals surface area contributed by atoms with Crippen molar-refractivity contribution in [3.8, 4) is 22.6 Å². The van der Waals surface area contributed by atoms with Gasteiger partial charge in [0.15, 0.2) is 0 Å². The Morgan fingerprint density at radius 1 is 0.750 bits per heavy atom. The number of hydrogen-bond acceptors (Lipinski definition) is 2. The summed E-state index contributed by atoms with van der Waals surface area (Å²) >= 11 is 0. The number of benzene rings is 5. The first-order chi connectivity index (χ1) is 23.8. The summed E-state index contributed by atoms with van der Waals surface area (Å²) in [6.45, 7) is 4.00. The van der Waals surface area contributed by atoms with Gasteiger partial charge in [-0.3, -0.25) is 9.47 Å². The lowest BCUT2D eigenvalue weighted by Gasteiger charge is -2.32. The maximum atomic E-state index is 6.08. The van der Waals surface area contributed by atoms with Crippen LogP contribution in [0.2, 0.25) is 0 Å². The highest BCUT2D eigenvalue weighted by molar-refractivity contribution is 6.04. The van der Waals surface area contributed by atoms with Crippen LogP contribution in [0.15, 0.2) is 157 Å². The number of rotatable bonds is 4. The first-order valence-electron chi connectivity index (χ1n) is 17.2. The van der Waals surface area contributed by atoms with Gasteiger partial charge in [-0.2, -0.15) is 0 Å². The molecule has 6 aromatic rings. The van der Waals surface area contributed by atoms with Crippen LogP contribution in [-0.2, 0) is 0 Å². The van der Waals surface area contributed by atoms with E-state index in [0.29, 0.717) is 0 Å². The minimum Gasteiger partial charge on any atom is -0.496 e. The molecule has 1 aromatic heterocycles. The monoisotopic (exact) mass is 624 g/mol. The summed E-state index contributed by atoms with van der Waals surface area (Å²) in [6, 6.07) is 41.6. The SMILES string of the molecule is CC.COc1c(-c2ccccc2)cccc1C1C=CC(N2C3=C(C=CCC3)c3c(ccc4ccccc34)-n3c2cc2ccccc23)=CC1. The number of methoxy groups -OCH3 is 1. The van der Waals surface area contributed by atoms with Crippen LogP contribution in [0, 0.1) is 0 Å². The van der Waals surface area contributed by atoms with E-state index < -0.39 is 0 Å². The second kappa shape index (κ2) is 12.6. The fraction of sp³-hybridized carbons (Fsp3) is 0.156. The van der Waals surface area contributed by atoms with Crippen LogP contribution >= 0.6 is 0 Å². The third-order valence-electron chi connectivity index (χ3n) is 9.82. The normalized spacial score (nSPS) is 16.4. The predicted octanol–water partition coefficient (Wildman–Crippen LogP) is 12.0. The van der Waals surface area contributed by atoms with E-state index in [1.807, 2.05) is 13.8 Å². The van der Waals surface area contributed by atoms with Crippen molar-refractivity contribution in [3.63, 3.8) is 0 Å². The number of anilines is 1. The molecule has 0 radical (unpaired) electrons. The average molecular weight is 625 g/mol. The third-order valence-corrected chi connectivity index (χ3v) is 9.82. The second-order valence-corrected chi connectivity index (χ2v) is 12.3. The van der Waals surface area contributed by atoms with Gasteiger partial charge in [-0.25, -0.2) is 0 Å². The van der Waals surface area contributed by atoms with Crippen molar-refractivity contribution in [1.82, 2.24) is 4.57 Å². The zero-order chi connectivity index (χ0) is 32.6. The van der Waals surface area contributed by atoms with E-state index in [1.165, 1.54) is 66.8 Å². The molecule has 0 fully saturated rings. The van der Waals surface area contributed by atoms with Crippen LogP contribution in [-0.4, -0.2) is 11.7 Å². The van der Waals surface area contributed by atoms with Crippen LogP contribution in [0.1, 0.15) is 50.2 Å². The minimum atomic E-state index is 0.223. The van der Waals surface area contributed by atoms with Crippen molar-refractivity contribution >= 4 is 33.1 Å². The zero-order valence-corrected chi connectivity index (χ0v) is 27.9. The Bertz CT molecular complexity index is 2280. The first-order valence-corrected chi connectivity index (χ1v) is 17.2. The van der Waals surface area contributed by atoms with Crippen molar-refractivity contribution in [3.05, 3.63) is 168 Å². The smallest absolute Gasteiger partial charge is 0.130 e. The summed E-state index contributed by atoms with van der Waals surface area (Å²) in [5.41, 5.74) is 11.2. The Balaban J connectivity index is 0.00000165. The van der Waals surface area contributed by atoms with E-state index in [0.717, 1.165) is 30.6 Å². The fourth-order valence-electron chi connectivity index (χ4n) is 7.75. The van der Waals surface area contributed by atoms with Gasteiger partial charge in [0, 0.05) is 45.0 Å². The van der Waals surface area contributed by atoms with E-state index in [1.54, 1.807) is 7.11 Å². The summed E-state index contributed by atoms with van der Waals surface area (Å²) in [5, 5.41) is 3.81. The van der Waals surface area contributed by atoms with Gasteiger partial charge in [0.2, 0.25) is 0 Å². The quantitative estimate of drug-likeness (QED) is 0.194. The molecule has 3 nitrogen and oxygen atoms in total. The number of aromatic nitrogens is 1. The lowest BCUT2D eigenvalue weighted by Crippen LogP contribution is -2.25. The number of para-hydroxylation sites is 2. The van der Waals surface area contributed by atoms with E-state index in [9.17, 15) is 0 Å². The Kier molecular flexibility index (Phi) is 7.82. The molecule has 3 aliphatic rings. The molecule has 2 aliphatic carbocycles. The molecule has 1 atom stereocenters. The van der Waals surface area contributed by atoms with Gasteiger partial charge in [0.05, 0.1) is 18.3 Å². The number of ether oxygens (including phenoxy) is 1. The molecular formula is C45H40N2O. The molecule has 0 saturated carbocycles. The van der Waals surface area contributed by atoms with Crippen LogP contribution in [0.3, 0.4) is 0 Å². The number of nitrogens with zero attached hydrogens (tertiary/aromatic N) is 2. The Hall–Kier alpha value is -5.54. The number of allylic oxidation sites excluding steroid dienone is 7. The van der Waals surface area contributed by atoms with Gasteiger partial charge in [0.1, 0.15) is 11.6 Å². The van der Waals surface area contributed by atoms with Gasteiger partial charge in [-0.15, -0.1) is 0 Å². The molecule has 0 spiro atoms. The van der Waals surface area contributed by atoms with E-state index in [4.69, 9.17) is 4.74 Å². The molecule has 48 heavy (non-hydrogen) atoms. The molecule has 0 saturated heterocycles. The van der Waals surface area contributed by atoms with Crippen molar-refractivity contribution in [2.24, 2.45) is 0 Å².